The van der Waals surface area contributed by atoms with Gasteiger partial charge in [0.25, 0.3) is 5.91 Å². The largest absolute Gasteiger partial charge is 0.342 e. The van der Waals surface area contributed by atoms with Crippen LogP contribution in [0.4, 0.5) is 0 Å². The van der Waals surface area contributed by atoms with Crippen molar-refractivity contribution < 1.29 is 13.2 Å². The van der Waals surface area contributed by atoms with E-state index < -0.39 is 10.0 Å². The van der Waals surface area contributed by atoms with Gasteiger partial charge in [0.1, 0.15) is 0 Å². The standard InChI is InChI=1S/C27H38N4O3S/c1-20-16-21(2)19-31(18-20)35(33,34)25-13-11-23(12-14-25)27(32)30(3)15-7-10-24-17-26(29-28-24)22-8-5-4-6-9-22/h4-6,8-9,11-14,20-21,24,26,28-29H,7,10,15-19H2,1-3H3. The molecule has 35 heavy (non-hydrogen) atoms. The third-order valence-corrected chi connectivity index (χ3v) is 9.00. The number of carbonyl (C=O) groups excluding carboxylic acids is 1. The van der Waals surface area contributed by atoms with E-state index in [4.69, 9.17) is 0 Å². The van der Waals surface area contributed by atoms with Gasteiger partial charge in [-0.1, -0.05) is 44.2 Å². The number of benzene rings is 2. The summed E-state index contributed by atoms with van der Waals surface area (Å²) >= 11 is 0. The fourth-order valence-electron chi connectivity index (χ4n) is 5.33. The number of hydrogen-bond acceptors (Lipinski definition) is 5. The molecule has 0 aliphatic carbocycles. The van der Waals surface area contributed by atoms with Gasteiger partial charge in [0.15, 0.2) is 0 Å². The van der Waals surface area contributed by atoms with Crippen LogP contribution >= 0.6 is 0 Å². The minimum absolute atomic E-state index is 0.0890. The molecule has 2 saturated heterocycles. The van der Waals surface area contributed by atoms with E-state index in [2.05, 4.69) is 49.0 Å². The van der Waals surface area contributed by atoms with Crippen LogP contribution in [0.1, 0.15) is 61.5 Å². The zero-order valence-electron chi connectivity index (χ0n) is 21.0. The molecule has 1 amide bonds. The maximum Gasteiger partial charge on any atom is 0.253 e. The fourth-order valence-corrected chi connectivity index (χ4v) is 7.01. The number of rotatable bonds is 8. The third-order valence-electron chi connectivity index (χ3n) is 7.15. The number of amides is 1. The third kappa shape index (κ3) is 6.30. The molecule has 8 heteroatoms. The number of sulfonamides is 1. The Bertz CT molecular complexity index is 1080. The SMILES string of the molecule is CC1CC(C)CN(S(=O)(=O)c2ccc(C(=O)N(C)CCCC3CC(c4ccccc4)NN3)cc2)C1. The number of nitrogens with one attached hydrogen (secondary N) is 2. The zero-order valence-corrected chi connectivity index (χ0v) is 21.8. The summed E-state index contributed by atoms with van der Waals surface area (Å²) in [6.45, 7) is 5.94. The molecule has 0 spiro atoms. The Morgan fingerprint density at radius 1 is 0.971 bits per heavy atom. The molecular formula is C27H38N4O3S. The van der Waals surface area contributed by atoms with Crippen LogP contribution in [0.5, 0.6) is 0 Å². The first-order valence-corrected chi connectivity index (χ1v) is 14.1. The van der Waals surface area contributed by atoms with E-state index in [0.717, 1.165) is 25.7 Å². The van der Waals surface area contributed by atoms with Gasteiger partial charge in [0.2, 0.25) is 10.0 Å². The Labute approximate surface area is 209 Å². The van der Waals surface area contributed by atoms with E-state index in [0.29, 0.717) is 49.1 Å². The quantitative estimate of drug-likeness (QED) is 0.578. The minimum Gasteiger partial charge on any atom is -0.342 e. The summed E-state index contributed by atoms with van der Waals surface area (Å²) in [6.07, 6.45) is 3.93. The predicted octanol–water partition coefficient (Wildman–Crippen LogP) is 3.81. The number of piperidine rings is 1. The molecule has 2 aromatic carbocycles. The summed E-state index contributed by atoms with van der Waals surface area (Å²) in [7, 11) is -1.74. The lowest BCUT2D eigenvalue weighted by atomic mass is 9.94. The second kappa shape index (κ2) is 11.2. The molecule has 0 bridgehead atoms. The van der Waals surface area contributed by atoms with Crippen LogP contribution in [0.15, 0.2) is 59.5 Å². The van der Waals surface area contributed by atoms with E-state index in [9.17, 15) is 13.2 Å². The average molecular weight is 499 g/mol. The van der Waals surface area contributed by atoms with Crippen molar-refractivity contribution in [2.24, 2.45) is 11.8 Å². The molecular weight excluding hydrogens is 460 g/mol. The van der Waals surface area contributed by atoms with Crippen molar-refractivity contribution in [3.8, 4) is 0 Å². The fraction of sp³-hybridized carbons (Fsp3) is 0.519. The molecule has 2 N–H and O–H groups in total. The topological polar surface area (TPSA) is 81.8 Å². The summed E-state index contributed by atoms with van der Waals surface area (Å²) in [5.74, 6) is 0.610. The molecule has 4 unspecified atom stereocenters. The first kappa shape index (κ1) is 25.8. The molecule has 0 radical (unpaired) electrons. The number of carbonyl (C=O) groups is 1. The number of hydrogen-bond donors (Lipinski definition) is 2. The Morgan fingerprint density at radius 3 is 2.29 bits per heavy atom. The van der Waals surface area contributed by atoms with E-state index in [-0.39, 0.29) is 10.8 Å². The first-order chi connectivity index (χ1) is 16.7. The summed E-state index contributed by atoms with van der Waals surface area (Å²) in [5, 5.41) is 0. The normalized spacial score (nSPS) is 25.5. The Balaban J connectivity index is 1.27. The lowest BCUT2D eigenvalue weighted by Crippen LogP contribution is -2.42. The maximum absolute atomic E-state index is 13.1. The highest BCUT2D eigenvalue weighted by Gasteiger charge is 2.32. The van der Waals surface area contributed by atoms with Gasteiger partial charge in [-0.2, -0.15) is 4.31 Å². The van der Waals surface area contributed by atoms with Gasteiger partial charge in [-0.3, -0.25) is 15.6 Å². The van der Waals surface area contributed by atoms with Crippen LogP contribution in [0.25, 0.3) is 0 Å². The van der Waals surface area contributed by atoms with Gasteiger partial charge in [-0.25, -0.2) is 8.42 Å². The van der Waals surface area contributed by atoms with Crippen molar-refractivity contribution in [1.82, 2.24) is 20.1 Å². The monoisotopic (exact) mass is 498 g/mol. The van der Waals surface area contributed by atoms with Crippen LogP contribution in [0.3, 0.4) is 0 Å². The molecule has 4 rings (SSSR count). The van der Waals surface area contributed by atoms with E-state index >= 15 is 0 Å². The molecule has 2 fully saturated rings. The molecule has 7 nitrogen and oxygen atoms in total. The molecule has 2 heterocycles. The van der Waals surface area contributed by atoms with Gasteiger partial charge in [0, 0.05) is 44.3 Å². The van der Waals surface area contributed by atoms with Crippen LogP contribution in [0.2, 0.25) is 0 Å². The van der Waals surface area contributed by atoms with Crippen molar-refractivity contribution in [1.29, 1.82) is 0 Å². The molecule has 2 aromatic rings. The summed E-state index contributed by atoms with van der Waals surface area (Å²) < 4.78 is 27.8. The lowest BCUT2D eigenvalue weighted by Gasteiger charge is -2.34. The Hall–Kier alpha value is -2.26. The summed E-state index contributed by atoms with van der Waals surface area (Å²) in [5.41, 5.74) is 8.54. The molecule has 0 aromatic heterocycles. The van der Waals surface area contributed by atoms with E-state index in [1.165, 1.54) is 5.56 Å². The highest BCUT2D eigenvalue weighted by atomic mass is 32.2. The molecule has 4 atom stereocenters. The smallest absolute Gasteiger partial charge is 0.253 e. The van der Waals surface area contributed by atoms with Crippen LogP contribution in [-0.2, 0) is 10.0 Å². The number of hydrazine groups is 1. The second-order valence-electron chi connectivity index (χ2n) is 10.3. The highest BCUT2D eigenvalue weighted by molar-refractivity contribution is 7.89. The second-order valence-corrected chi connectivity index (χ2v) is 12.3. The van der Waals surface area contributed by atoms with Gasteiger partial charge in [-0.15, -0.1) is 0 Å². The van der Waals surface area contributed by atoms with Gasteiger partial charge < -0.3 is 4.90 Å². The first-order valence-electron chi connectivity index (χ1n) is 12.7. The predicted molar refractivity (Wildman–Crippen MR) is 138 cm³/mol. The Morgan fingerprint density at radius 2 is 1.63 bits per heavy atom. The maximum atomic E-state index is 13.1. The molecule has 0 saturated carbocycles. The summed E-state index contributed by atoms with van der Waals surface area (Å²) in [4.78, 5) is 14.9. The van der Waals surface area contributed by atoms with Gasteiger partial charge in [0.05, 0.1) is 4.90 Å². The van der Waals surface area contributed by atoms with Crippen LogP contribution in [-0.4, -0.2) is 56.3 Å². The van der Waals surface area contributed by atoms with Crippen LogP contribution in [0, 0.1) is 11.8 Å². The zero-order chi connectivity index (χ0) is 25.0. The van der Waals surface area contributed by atoms with Crippen molar-refractivity contribution >= 4 is 15.9 Å². The minimum atomic E-state index is -3.54. The molecule has 190 valence electrons. The lowest BCUT2D eigenvalue weighted by molar-refractivity contribution is 0.0791. The highest BCUT2D eigenvalue weighted by Crippen LogP contribution is 2.27. The Kier molecular flexibility index (Phi) is 8.27. The van der Waals surface area contributed by atoms with Gasteiger partial charge in [-0.05, 0) is 67.3 Å². The van der Waals surface area contributed by atoms with E-state index in [1.54, 1.807) is 40.5 Å². The molecule has 2 aliphatic rings. The average Bonchev–Trinajstić information content (AvgIpc) is 3.32. The molecule has 2 aliphatic heterocycles. The van der Waals surface area contributed by atoms with Crippen molar-refractivity contribution in [3.63, 3.8) is 0 Å². The van der Waals surface area contributed by atoms with Crippen LogP contribution < -0.4 is 10.9 Å². The van der Waals surface area contributed by atoms with Crippen molar-refractivity contribution in [2.45, 2.75) is 56.5 Å². The van der Waals surface area contributed by atoms with Crippen molar-refractivity contribution in [3.05, 3.63) is 65.7 Å². The van der Waals surface area contributed by atoms with Gasteiger partial charge >= 0.3 is 0 Å². The van der Waals surface area contributed by atoms with E-state index in [1.807, 2.05) is 6.07 Å². The van der Waals surface area contributed by atoms with Crippen molar-refractivity contribution in [2.75, 3.05) is 26.7 Å². The summed E-state index contributed by atoms with van der Waals surface area (Å²) in [6, 6.07) is 17.5. The number of nitrogens with zero attached hydrogens (tertiary/aromatic N) is 2.